The third-order valence-electron chi connectivity index (χ3n) is 5.02. The van der Waals surface area contributed by atoms with E-state index in [-0.39, 0.29) is 5.57 Å². The van der Waals surface area contributed by atoms with E-state index in [1.807, 2.05) is 30.3 Å². The zero-order chi connectivity index (χ0) is 23.5. The molecule has 0 saturated carbocycles. The van der Waals surface area contributed by atoms with Gasteiger partial charge in [0.1, 0.15) is 17.9 Å². The molecule has 1 heterocycles. The minimum Gasteiger partial charge on any atom is -0.488 e. The molecule has 1 aliphatic heterocycles. The Morgan fingerprint density at radius 1 is 1.03 bits per heavy atom. The predicted octanol–water partition coefficient (Wildman–Crippen LogP) is 5.66. The van der Waals surface area contributed by atoms with Crippen molar-refractivity contribution in [2.24, 2.45) is 0 Å². The van der Waals surface area contributed by atoms with Crippen molar-refractivity contribution < 1.29 is 19.1 Å². The first-order valence-corrected chi connectivity index (χ1v) is 11.1. The van der Waals surface area contributed by atoms with Crippen molar-refractivity contribution in [2.75, 3.05) is 4.90 Å². The summed E-state index contributed by atoms with van der Waals surface area (Å²) >= 11 is 9.49. The SMILES string of the molecule is Cc1ccc(Cl)cc1N1C(=O)NC(=O)/C(=C\c2cc(Br)ccc2OCc2ccccc2)C1=O. The molecule has 166 valence electrons. The van der Waals surface area contributed by atoms with Crippen molar-refractivity contribution in [1.82, 2.24) is 5.32 Å². The van der Waals surface area contributed by atoms with Gasteiger partial charge in [0.2, 0.25) is 0 Å². The van der Waals surface area contributed by atoms with Gasteiger partial charge in [0.05, 0.1) is 5.69 Å². The first kappa shape index (κ1) is 22.8. The molecule has 8 heteroatoms. The van der Waals surface area contributed by atoms with Crippen LogP contribution in [0.4, 0.5) is 10.5 Å². The number of benzene rings is 3. The lowest BCUT2D eigenvalue weighted by molar-refractivity contribution is -0.122. The van der Waals surface area contributed by atoms with Crippen LogP contribution in [0.5, 0.6) is 5.75 Å². The minimum atomic E-state index is -0.831. The zero-order valence-electron chi connectivity index (χ0n) is 17.5. The molecule has 0 unspecified atom stereocenters. The first-order chi connectivity index (χ1) is 15.8. The summed E-state index contributed by atoms with van der Waals surface area (Å²) in [4.78, 5) is 39.3. The quantitative estimate of drug-likeness (QED) is 0.345. The average molecular weight is 526 g/mol. The summed E-state index contributed by atoms with van der Waals surface area (Å²) in [6.45, 7) is 2.06. The molecular weight excluding hydrogens is 508 g/mol. The van der Waals surface area contributed by atoms with E-state index in [0.717, 1.165) is 14.9 Å². The Balaban J connectivity index is 1.71. The summed E-state index contributed by atoms with van der Waals surface area (Å²) in [7, 11) is 0. The molecule has 3 aromatic rings. The molecule has 0 atom stereocenters. The van der Waals surface area contributed by atoms with Crippen LogP contribution in [0.15, 0.2) is 76.8 Å². The van der Waals surface area contributed by atoms with Gasteiger partial charge in [-0.25, -0.2) is 9.69 Å². The molecule has 4 rings (SSSR count). The molecule has 0 spiro atoms. The predicted molar refractivity (Wildman–Crippen MR) is 130 cm³/mol. The Hall–Kier alpha value is -3.42. The molecule has 33 heavy (non-hydrogen) atoms. The fourth-order valence-corrected chi connectivity index (χ4v) is 3.90. The first-order valence-electron chi connectivity index (χ1n) is 9.97. The number of rotatable bonds is 5. The Morgan fingerprint density at radius 3 is 2.55 bits per heavy atom. The molecule has 0 aromatic heterocycles. The summed E-state index contributed by atoms with van der Waals surface area (Å²) in [6, 6.07) is 18.9. The van der Waals surface area contributed by atoms with Crippen LogP contribution in [-0.2, 0) is 16.2 Å². The van der Waals surface area contributed by atoms with Crippen LogP contribution >= 0.6 is 27.5 Å². The van der Waals surface area contributed by atoms with E-state index >= 15 is 0 Å². The molecule has 1 saturated heterocycles. The number of amides is 4. The second-order valence-corrected chi connectivity index (χ2v) is 8.70. The number of halogens is 2. The molecule has 1 N–H and O–H groups in total. The van der Waals surface area contributed by atoms with Crippen molar-refractivity contribution in [3.8, 4) is 5.75 Å². The van der Waals surface area contributed by atoms with Crippen LogP contribution in [0.2, 0.25) is 5.02 Å². The molecule has 6 nitrogen and oxygen atoms in total. The lowest BCUT2D eigenvalue weighted by Crippen LogP contribution is -2.54. The van der Waals surface area contributed by atoms with Gasteiger partial charge < -0.3 is 4.74 Å². The number of carbonyl (C=O) groups excluding carboxylic acids is 3. The van der Waals surface area contributed by atoms with Gasteiger partial charge in [-0.3, -0.25) is 14.9 Å². The fourth-order valence-electron chi connectivity index (χ4n) is 3.35. The third-order valence-corrected chi connectivity index (χ3v) is 5.75. The molecule has 3 aromatic carbocycles. The monoisotopic (exact) mass is 524 g/mol. The summed E-state index contributed by atoms with van der Waals surface area (Å²) in [5.74, 6) is -1.05. The molecular formula is C25H18BrClN2O4. The Bertz CT molecular complexity index is 1290. The van der Waals surface area contributed by atoms with Crippen molar-refractivity contribution in [1.29, 1.82) is 0 Å². The number of anilines is 1. The van der Waals surface area contributed by atoms with Crippen molar-refractivity contribution in [3.63, 3.8) is 0 Å². The number of imide groups is 2. The van der Waals surface area contributed by atoms with Crippen molar-refractivity contribution >= 4 is 57.1 Å². The number of hydrogen-bond acceptors (Lipinski definition) is 4. The fraction of sp³-hybridized carbons (Fsp3) is 0.0800. The highest BCUT2D eigenvalue weighted by atomic mass is 79.9. The Morgan fingerprint density at radius 2 is 1.79 bits per heavy atom. The van der Waals surface area contributed by atoms with Gasteiger partial charge in [-0.2, -0.15) is 0 Å². The van der Waals surface area contributed by atoms with Crippen molar-refractivity contribution in [2.45, 2.75) is 13.5 Å². The van der Waals surface area contributed by atoms with Gasteiger partial charge in [-0.15, -0.1) is 0 Å². The van der Waals surface area contributed by atoms with E-state index < -0.39 is 17.8 Å². The van der Waals surface area contributed by atoms with Gasteiger partial charge in [0.15, 0.2) is 0 Å². The van der Waals surface area contributed by atoms with Gasteiger partial charge in [-0.05, 0) is 54.5 Å². The lowest BCUT2D eigenvalue weighted by Gasteiger charge is -2.27. The number of hydrogen-bond donors (Lipinski definition) is 1. The minimum absolute atomic E-state index is 0.198. The summed E-state index contributed by atoms with van der Waals surface area (Å²) in [6.07, 6.45) is 1.42. The van der Waals surface area contributed by atoms with Gasteiger partial charge in [0, 0.05) is 15.1 Å². The highest BCUT2D eigenvalue weighted by Crippen LogP contribution is 2.30. The molecule has 4 amide bonds. The Kier molecular flexibility index (Phi) is 6.62. The number of barbiturate groups is 1. The van der Waals surface area contributed by atoms with Crippen LogP contribution in [-0.4, -0.2) is 17.8 Å². The summed E-state index contributed by atoms with van der Waals surface area (Å²) in [5, 5.41) is 2.59. The highest BCUT2D eigenvalue weighted by molar-refractivity contribution is 9.10. The number of nitrogens with one attached hydrogen (secondary N) is 1. The van der Waals surface area contributed by atoms with Gasteiger partial charge in [0.25, 0.3) is 11.8 Å². The van der Waals surface area contributed by atoms with Crippen LogP contribution in [0.25, 0.3) is 6.08 Å². The van der Waals surface area contributed by atoms with E-state index in [2.05, 4.69) is 21.2 Å². The Labute approximate surface area is 203 Å². The van der Waals surface area contributed by atoms with Gasteiger partial charge in [-0.1, -0.05) is 63.9 Å². The number of aryl methyl sites for hydroxylation is 1. The standard InChI is InChI=1S/C25H18BrClN2O4/c1-15-7-9-19(27)13-21(15)29-24(31)20(23(30)28-25(29)32)12-17-11-18(26)8-10-22(17)33-14-16-5-3-2-4-6-16/h2-13H,14H2,1H3,(H,28,30,32)/b20-12+. The van der Waals surface area contributed by atoms with Gasteiger partial charge >= 0.3 is 6.03 Å². The number of carbonyl (C=O) groups is 3. The van der Waals surface area contributed by atoms with Crippen molar-refractivity contribution in [3.05, 3.63) is 98.5 Å². The van der Waals surface area contributed by atoms with E-state index in [1.165, 1.54) is 12.1 Å². The number of nitrogens with zero attached hydrogens (tertiary/aromatic N) is 1. The maximum Gasteiger partial charge on any atom is 0.335 e. The molecule has 0 bridgehead atoms. The second-order valence-electron chi connectivity index (χ2n) is 7.35. The summed E-state index contributed by atoms with van der Waals surface area (Å²) < 4.78 is 6.69. The topological polar surface area (TPSA) is 75.7 Å². The third kappa shape index (κ3) is 4.99. The van der Waals surface area contributed by atoms with Crippen LogP contribution in [0.3, 0.4) is 0 Å². The largest absolute Gasteiger partial charge is 0.488 e. The highest BCUT2D eigenvalue weighted by Gasteiger charge is 2.37. The average Bonchev–Trinajstić information content (AvgIpc) is 2.79. The maximum absolute atomic E-state index is 13.3. The number of ether oxygens (including phenoxy) is 1. The van der Waals surface area contributed by atoms with Crippen LogP contribution in [0, 0.1) is 6.92 Å². The molecule has 1 fully saturated rings. The second kappa shape index (κ2) is 9.60. The molecule has 0 aliphatic carbocycles. The van der Waals surface area contributed by atoms with E-state index in [1.54, 1.807) is 37.3 Å². The molecule has 1 aliphatic rings. The van der Waals surface area contributed by atoms with E-state index in [0.29, 0.717) is 34.2 Å². The van der Waals surface area contributed by atoms with E-state index in [4.69, 9.17) is 16.3 Å². The normalized spacial score (nSPS) is 15.1. The van der Waals surface area contributed by atoms with E-state index in [9.17, 15) is 14.4 Å². The molecule has 0 radical (unpaired) electrons. The lowest BCUT2D eigenvalue weighted by atomic mass is 10.0. The number of urea groups is 1. The summed E-state index contributed by atoms with van der Waals surface area (Å²) in [5.41, 5.74) is 2.25. The van der Waals surface area contributed by atoms with Crippen LogP contribution < -0.4 is 15.0 Å². The zero-order valence-corrected chi connectivity index (χ0v) is 19.8. The smallest absolute Gasteiger partial charge is 0.335 e. The maximum atomic E-state index is 13.3. The van der Waals surface area contributed by atoms with Crippen LogP contribution in [0.1, 0.15) is 16.7 Å².